The number of thiophene rings is 1. The van der Waals surface area contributed by atoms with Crippen molar-refractivity contribution in [3.8, 4) is 0 Å². The number of nitrogens with one attached hydrogen (secondary N) is 1. The summed E-state index contributed by atoms with van der Waals surface area (Å²) in [5.41, 5.74) is 1.17. The van der Waals surface area contributed by atoms with Crippen molar-refractivity contribution in [2.24, 2.45) is 0 Å². The lowest BCUT2D eigenvalue weighted by Crippen LogP contribution is -2.26. The van der Waals surface area contributed by atoms with Crippen LogP contribution in [0.1, 0.15) is 20.8 Å². The highest BCUT2D eigenvalue weighted by Gasteiger charge is 2.14. The van der Waals surface area contributed by atoms with E-state index in [0.717, 1.165) is 18.2 Å². The standard InChI is InChI=1S/C15H17NO3S2/c1-11-5-6-13(21(2,18)19)10-14(11)15(17)16-8-7-12-4-3-9-20-12/h3-6,9-10H,7-8H2,1-2H3,(H,16,17). The molecule has 2 rings (SSSR count). The highest BCUT2D eigenvalue weighted by molar-refractivity contribution is 7.90. The summed E-state index contributed by atoms with van der Waals surface area (Å²) in [4.78, 5) is 13.5. The first-order valence-corrected chi connectivity index (χ1v) is 9.26. The molecule has 0 spiro atoms. The van der Waals surface area contributed by atoms with E-state index in [1.807, 2.05) is 17.5 Å². The summed E-state index contributed by atoms with van der Waals surface area (Å²) >= 11 is 1.65. The van der Waals surface area contributed by atoms with Gasteiger partial charge in [-0.15, -0.1) is 11.3 Å². The Labute approximate surface area is 128 Å². The Morgan fingerprint density at radius 2 is 2.05 bits per heavy atom. The molecule has 4 nitrogen and oxygen atoms in total. The molecular formula is C15H17NO3S2. The largest absolute Gasteiger partial charge is 0.352 e. The van der Waals surface area contributed by atoms with Gasteiger partial charge in [-0.1, -0.05) is 12.1 Å². The van der Waals surface area contributed by atoms with Crippen LogP contribution in [0.4, 0.5) is 0 Å². The molecule has 0 aliphatic heterocycles. The fourth-order valence-corrected chi connectivity index (χ4v) is 3.28. The zero-order valence-electron chi connectivity index (χ0n) is 11.9. The van der Waals surface area contributed by atoms with Crippen molar-refractivity contribution >= 4 is 27.1 Å². The van der Waals surface area contributed by atoms with E-state index in [1.54, 1.807) is 24.3 Å². The van der Waals surface area contributed by atoms with Crippen LogP contribution in [0.5, 0.6) is 0 Å². The first-order valence-electron chi connectivity index (χ1n) is 6.49. The third-order valence-corrected chi connectivity index (χ3v) is 5.17. The molecule has 6 heteroatoms. The van der Waals surface area contributed by atoms with Gasteiger partial charge in [0.05, 0.1) is 4.90 Å². The third kappa shape index (κ3) is 4.15. The molecule has 0 unspecified atom stereocenters. The monoisotopic (exact) mass is 323 g/mol. The van der Waals surface area contributed by atoms with E-state index in [4.69, 9.17) is 0 Å². The predicted octanol–water partition coefficient (Wildman–Crippen LogP) is 2.43. The van der Waals surface area contributed by atoms with Gasteiger partial charge in [-0.3, -0.25) is 4.79 Å². The molecule has 0 aliphatic carbocycles. The van der Waals surface area contributed by atoms with Gasteiger partial charge in [-0.25, -0.2) is 8.42 Å². The van der Waals surface area contributed by atoms with Crippen LogP contribution in [0.15, 0.2) is 40.6 Å². The molecule has 112 valence electrons. The number of rotatable bonds is 5. The van der Waals surface area contributed by atoms with E-state index in [2.05, 4.69) is 5.32 Å². The van der Waals surface area contributed by atoms with E-state index in [-0.39, 0.29) is 10.8 Å². The Morgan fingerprint density at radius 1 is 1.29 bits per heavy atom. The van der Waals surface area contributed by atoms with Gasteiger partial charge in [0, 0.05) is 23.2 Å². The molecule has 21 heavy (non-hydrogen) atoms. The number of hydrogen-bond acceptors (Lipinski definition) is 4. The highest BCUT2D eigenvalue weighted by Crippen LogP contribution is 2.15. The van der Waals surface area contributed by atoms with Crippen molar-refractivity contribution in [3.05, 3.63) is 51.7 Å². The molecule has 0 fully saturated rings. The number of sulfone groups is 1. The normalized spacial score (nSPS) is 11.3. The van der Waals surface area contributed by atoms with E-state index < -0.39 is 9.84 Å². The summed E-state index contributed by atoms with van der Waals surface area (Å²) in [6.45, 7) is 2.32. The van der Waals surface area contributed by atoms with Gasteiger partial charge in [0.1, 0.15) is 0 Å². The van der Waals surface area contributed by atoms with Crippen LogP contribution in [0.3, 0.4) is 0 Å². The van der Waals surface area contributed by atoms with Gasteiger partial charge in [-0.05, 0) is 42.5 Å². The van der Waals surface area contributed by atoms with Crippen molar-refractivity contribution < 1.29 is 13.2 Å². The molecule has 0 atom stereocenters. The van der Waals surface area contributed by atoms with Gasteiger partial charge >= 0.3 is 0 Å². The summed E-state index contributed by atoms with van der Waals surface area (Å²) < 4.78 is 23.1. The molecule has 0 radical (unpaired) electrons. The number of carbonyl (C=O) groups excluding carboxylic acids is 1. The smallest absolute Gasteiger partial charge is 0.251 e. The SMILES string of the molecule is Cc1ccc(S(C)(=O)=O)cc1C(=O)NCCc1cccs1. The molecule has 1 heterocycles. The number of carbonyl (C=O) groups is 1. The van der Waals surface area contributed by atoms with Crippen molar-refractivity contribution in [3.63, 3.8) is 0 Å². The van der Waals surface area contributed by atoms with Crippen LogP contribution in [0.2, 0.25) is 0 Å². The van der Waals surface area contributed by atoms with E-state index >= 15 is 0 Å². The van der Waals surface area contributed by atoms with Crippen molar-refractivity contribution in [1.29, 1.82) is 0 Å². The van der Waals surface area contributed by atoms with Gasteiger partial charge in [-0.2, -0.15) is 0 Å². The van der Waals surface area contributed by atoms with Crippen LogP contribution in [-0.4, -0.2) is 27.1 Å². The molecule has 0 saturated carbocycles. The van der Waals surface area contributed by atoms with Gasteiger partial charge in [0.25, 0.3) is 5.91 Å². The zero-order valence-corrected chi connectivity index (χ0v) is 13.6. The first-order chi connectivity index (χ1) is 9.88. The summed E-state index contributed by atoms with van der Waals surface area (Å²) in [6.07, 6.45) is 1.91. The summed E-state index contributed by atoms with van der Waals surface area (Å²) in [5.74, 6) is -0.241. The maximum Gasteiger partial charge on any atom is 0.251 e. The second-order valence-corrected chi connectivity index (χ2v) is 7.88. The van der Waals surface area contributed by atoms with Crippen molar-refractivity contribution in [1.82, 2.24) is 5.32 Å². The second-order valence-electron chi connectivity index (χ2n) is 4.83. The van der Waals surface area contributed by atoms with Gasteiger partial charge in [0.15, 0.2) is 9.84 Å². The average Bonchev–Trinajstić information content (AvgIpc) is 2.91. The molecule has 1 aromatic heterocycles. The van der Waals surface area contributed by atoms with E-state index in [9.17, 15) is 13.2 Å². The lowest BCUT2D eigenvalue weighted by Gasteiger charge is -2.09. The number of amides is 1. The summed E-state index contributed by atoms with van der Waals surface area (Å²) in [6, 6.07) is 8.61. The fraction of sp³-hybridized carbons (Fsp3) is 0.267. The number of hydrogen-bond donors (Lipinski definition) is 1. The Balaban J connectivity index is 2.08. The first kappa shape index (κ1) is 15.7. The van der Waals surface area contributed by atoms with Crippen LogP contribution in [-0.2, 0) is 16.3 Å². The molecule has 0 saturated heterocycles. The quantitative estimate of drug-likeness (QED) is 0.919. The Kier molecular flexibility index (Phi) is 4.80. The van der Waals surface area contributed by atoms with E-state index in [1.165, 1.54) is 17.0 Å². The average molecular weight is 323 g/mol. The molecular weight excluding hydrogens is 306 g/mol. The minimum Gasteiger partial charge on any atom is -0.352 e. The minimum absolute atomic E-state index is 0.163. The zero-order chi connectivity index (χ0) is 15.5. The van der Waals surface area contributed by atoms with Crippen LogP contribution >= 0.6 is 11.3 Å². The summed E-state index contributed by atoms with van der Waals surface area (Å²) in [7, 11) is -3.31. The number of aryl methyl sites for hydroxylation is 1. The summed E-state index contributed by atoms with van der Waals surface area (Å²) in [5, 5.41) is 4.83. The van der Waals surface area contributed by atoms with E-state index in [0.29, 0.717) is 12.1 Å². The maximum atomic E-state index is 12.2. The molecule has 1 N–H and O–H groups in total. The molecule has 0 bridgehead atoms. The maximum absolute atomic E-state index is 12.2. The molecule has 0 aliphatic rings. The Bertz CT molecular complexity index is 734. The van der Waals surface area contributed by atoms with Crippen LogP contribution in [0, 0.1) is 6.92 Å². The predicted molar refractivity (Wildman–Crippen MR) is 84.6 cm³/mol. The minimum atomic E-state index is -3.31. The topological polar surface area (TPSA) is 63.2 Å². The van der Waals surface area contributed by atoms with Gasteiger partial charge < -0.3 is 5.32 Å². The van der Waals surface area contributed by atoms with Crippen molar-refractivity contribution in [2.75, 3.05) is 12.8 Å². The molecule has 1 aromatic carbocycles. The Hall–Kier alpha value is -1.66. The van der Waals surface area contributed by atoms with Crippen LogP contribution < -0.4 is 5.32 Å². The van der Waals surface area contributed by atoms with Crippen molar-refractivity contribution in [2.45, 2.75) is 18.2 Å². The lowest BCUT2D eigenvalue weighted by atomic mass is 10.1. The highest BCUT2D eigenvalue weighted by atomic mass is 32.2. The van der Waals surface area contributed by atoms with Crippen LogP contribution in [0.25, 0.3) is 0 Å². The number of benzene rings is 1. The lowest BCUT2D eigenvalue weighted by molar-refractivity contribution is 0.0953. The fourth-order valence-electron chi connectivity index (χ4n) is 1.93. The third-order valence-electron chi connectivity index (χ3n) is 3.12. The second kappa shape index (κ2) is 6.41. The van der Waals surface area contributed by atoms with Gasteiger partial charge in [0.2, 0.25) is 0 Å². The Morgan fingerprint density at radius 3 is 2.67 bits per heavy atom. The molecule has 1 amide bonds. The molecule has 2 aromatic rings.